The molecule has 0 unspecified atom stereocenters. The van der Waals surface area contributed by atoms with Crippen molar-refractivity contribution in [3.05, 3.63) is 140 Å². The van der Waals surface area contributed by atoms with Gasteiger partial charge in [-0.3, -0.25) is 0 Å². The molecule has 0 aliphatic heterocycles. The van der Waals surface area contributed by atoms with Crippen molar-refractivity contribution in [2.45, 2.75) is 0 Å². The summed E-state index contributed by atoms with van der Waals surface area (Å²) in [7, 11) is 0. The van der Waals surface area contributed by atoms with Crippen molar-refractivity contribution in [1.29, 1.82) is 0 Å². The van der Waals surface area contributed by atoms with Gasteiger partial charge in [-0.15, -0.1) is 0 Å². The Hall–Kier alpha value is -5.60. The quantitative estimate of drug-likeness (QED) is 0.216. The van der Waals surface area contributed by atoms with Crippen molar-refractivity contribution in [1.82, 2.24) is 4.57 Å². The zero-order chi connectivity index (χ0) is 27.4. The molecular formula is C40H23NO. The zero-order valence-corrected chi connectivity index (χ0v) is 22.6. The van der Waals surface area contributed by atoms with E-state index >= 15 is 0 Å². The highest BCUT2D eigenvalue weighted by Crippen LogP contribution is 2.51. The maximum absolute atomic E-state index is 6.51. The molecule has 1 aliphatic rings. The molecule has 0 fully saturated rings. The Labute approximate surface area is 241 Å². The van der Waals surface area contributed by atoms with Gasteiger partial charge in [-0.1, -0.05) is 91.0 Å². The molecule has 2 heteroatoms. The maximum Gasteiger partial charge on any atom is 0.136 e. The predicted molar refractivity (Wildman–Crippen MR) is 175 cm³/mol. The van der Waals surface area contributed by atoms with E-state index in [-0.39, 0.29) is 0 Å². The smallest absolute Gasteiger partial charge is 0.136 e. The summed E-state index contributed by atoms with van der Waals surface area (Å²) in [5.74, 6) is 0. The van der Waals surface area contributed by atoms with Crippen LogP contribution in [0.4, 0.5) is 0 Å². The minimum absolute atomic E-state index is 0.924. The molecule has 0 atom stereocenters. The van der Waals surface area contributed by atoms with E-state index in [9.17, 15) is 0 Å². The second-order valence-corrected chi connectivity index (χ2v) is 11.3. The number of hydrogen-bond acceptors (Lipinski definition) is 1. The monoisotopic (exact) mass is 533 g/mol. The fourth-order valence-electron chi connectivity index (χ4n) is 7.33. The SMILES string of the molecule is c1ccc(-n2c3ccccc3c3cc(-c4ccc5oc6cc7c8c(cccc8c6c5c4)-c4ccccc4-7)ccc32)cc1. The van der Waals surface area contributed by atoms with Gasteiger partial charge in [0.1, 0.15) is 11.2 Å². The highest BCUT2D eigenvalue weighted by Gasteiger charge is 2.24. The van der Waals surface area contributed by atoms with Crippen LogP contribution in [0, 0.1) is 0 Å². The van der Waals surface area contributed by atoms with Crippen LogP contribution in [-0.4, -0.2) is 4.57 Å². The molecule has 2 nitrogen and oxygen atoms in total. The minimum atomic E-state index is 0.924. The van der Waals surface area contributed by atoms with Crippen LogP contribution >= 0.6 is 0 Å². The van der Waals surface area contributed by atoms with Crippen LogP contribution < -0.4 is 0 Å². The molecule has 0 saturated carbocycles. The Morgan fingerprint density at radius 3 is 1.93 bits per heavy atom. The summed E-state index contributed by atoms with van der Waals surface area (Å²) in [4.78, 5) is 0. The average Bonchev–Trinajstić information content (AvgIpc) is 3.70. The molecule has 0 radical (unpaired) electrons. The van der Waals surface area contributed by atoms with Crippen LogP contribution in [0.15, 0.2) is 144 Å². The van der Waals surface area contributed by atoms with E-state index in [1.54, 1.807) is 0 Å². The first-order valence-electron chi connectivity index (χ1n) is 14.4. The summed E-state index contributed by atoms with van der Waals surface area (Å²) in [5.41, 5.74) is 13.0. The Bertz CT molecular complexity index is 2560. The molecule has 0 N–H and O–H groups in total. The van der Waals surface area contributed by atoms with Gasteiger partial charge in [0, 0.05) is 27.2 Å². The fraction of sp³-hybridized carbons (Fsp3) is 0. The summed E-state index contributed by atoms with van der Waals surface area (Å²) in [6.07, 6.45) is 0. The third-order valence-corrected chi connectivity index (χ3v) is 9.12. The lowest BCUT2D eigenvalue weighted by Gasteiger charge is -2.08. The molecule has 0 amide bonds. The molecule has 0 bridgehead atoms. The van der Waals surface area contributed by atoms with Gasteiger partial charge < -0.3 is 8.98 Å². The zero-order valence-electron chi connectivity index (χ0n) is 22.6. The van der Waals surface area contributed by atoms with E-state index in [4.69, 9.17) is 4.42 Å². The van der Waals surface area contributed by atoms with Crippen molar-refractivity contribution in [3.8, 4) is 39.1 Å². The summed E-state index contributed by atoms with van der Waals surface area (Å²) in [6.45, 7) is 0. The van der Waals surface area contributed by atoms with Crippen molar-refractivity contribution in [2.75, 3.05) is 0 Å². The largest absolute Gasteiger partial charge is 0.456 e. The molecule has 9 aromatic rings. The number of aromatic nitrogens is 1. The first kappa shape index (κ1) is 22.1. The number of nitrogens with zero attached hydrogens (tertiary/aromatic N) is 1. The van der Waals surface area contributed by atoms with E-state index in [1.165, 1.54) is 77.0 Å². The van der Waals surface area contributed by atoms with Crippen molar-refractivity contribution in [3.63, 3.8) is 0 Å². The topological polar surface area (TPSA) is 18.1 Å². The van der Waals surface area contributed by atoms with E-state index in [2.05, 4.69) is 144 Å². The van der Waals surface area contributed by atoms with Gasteiger partial charge >= 0.3 is 0 Å². The maximum atomic E-state index is 6.51. The molecule has 7 aromatic carbocycles. The molecule has 2 heterocycles. The molecule has 10 rings (SSSR count). The fourth-order valence-corrected chi connectivity index (χ4v) is 7.33. The molecule has 2 aromatic heterocycles. The highest BCUT2D eigenvalue weighted by atomic mass is 16.3. The van der Waals surface area contributed by atoms with Gasteiger partial charge in [0.05, 0.1) is 11.0 Å². The predicted octanol–water partition coefficient (Wildman–Crippen LogP) is 11.2. The Morgan fingerprint density at radius 2 is 1.05 bits per heavy atom. The first-order chi connectivity index (χ1) is 20.8. The molecule has 194 valence electrons. The summed E-state index contributed by atoms with van der Waals surface area (Å²) in [5, 5.41) is 7.46. The van der Waals surface area contributed by atoms with Crippen LogP contribution in [0.3, 0.4) is 0 Å². The summed E-state index contributed by atoms with van der Waals surface area (Å²) < 4.78 is 8.87. The lowest BCUT2D eigenvalue weighted by Crippen LogP contribution is -1.92. The van der Waals surface area contributed by atoms with E-state index in [0.29, 0.717) is 0 Å². The normalized spacial score (nSPS) is 12.3. The lowest BCUT2D eigenvalue weighted by atomic mass is 9.96. The van der Waals surface area contributed by atoms with Crippen molar-refractivity contribution < 1.29 is 4.42 Å². The van der Waals surface area contributed by atoms with Gasteiger partial charge in [0.15, 0.2) is 0 Å². The van der Waals surface area contributed by atoms with Gasteiger partial charge in [-0.25, -0.2) is 0 Å². The second kappa shape index (κ2) is 7.99. The third-order valence-electron chi connectivity index (χ3n) is 9.12. The van der Waals surface area contributed by atoms with Gasteiger partial charge in [-0.05, 0) is 92.7 Å². The highest BCUT2D eigenvalue weighted by molar-refractivity contribution is 6.28. The molecular weight excluding hydrogens is 510 g/mol. The molecule has 42 heavy (non-hydrogen) atoms. The summed E-state index contributed by atoms with van der Waals surface area (Å²) >= 11 is 0. The van der Waals surface area contributed by atoms with E-state index in [0.717, 1.165) is 16.6 Å². The first-order valence-corrected chi connectivity index (χ1v) is 14.4. The second-order valence-electron chi connectivity index (χ2n) is 11.3. The molecule has 0 spiro atoms. The Morgan fingerprint density at radius 1 is 0.381 bits per heavy atom. The Balaban J connectivity index is 1.22. The minimum Gasteiger partial charge on any atom is -0.456 e. The number of furan rings is 1. The van der Waals surface area contributed by atoms with Crippen LogP contribution in [0.1, 0.15) is 0 Å². The average molecular weight is 534 g/mol. The van der Waals surface area contributed by atoms with Crippen LogP contribution in [-0.2, 0) is 0 Å². The van der Waals surface area contributed by atoms with Gasteiger partial charge in [-0.2, -0.15) is 0 Å². The number of fused-ring (bicyclic) bond motifs is 10. The van der Waals surface area contributed by atoms with Gasteiger partial charge in [0.2, 0.25) is 0 Å². The number of benzene rings is 7. The van der Waals surface area contributed by atoms with Crippen LogP contribution in [0.5, 0.6) is 0 Å². The summed E-state index contributed by atoms with van der Waals surface area (Å²) in [6, 6.07) is 50.5. The lowest BCUT2D eigenvalue weighted by molar-refractivity contribution is 0.669. The van der Waals surface area contributed by atoms with Crippen LogP contribution in [0.25, 0.3) is 93.6 Å². The van der Waals surface area contributed by atoms with Crippen molar-refractivity contribution >= 4 is 54.5 Å². The number of para-hydroxylation sites is 2. The number of rotatable bonds is 2. The van der Waals surface area contributed by atoms with E-state index in [1.807, 2.05) is 0 Å². The van der Waals surface area contributed by atoms with E-state index < -0.39 is 0 Å². The molecule has 0 saturated heterocycles. The standard InChI is InChI=1S/C40H23NO/c1-2-9-26(10-3-1)41-35-16-7-6-13-29(35)32-21-24(17-19-36(32)41)25-18-20-37-34(22-25)40-31-15-8-14-30-27-11-4-5-12-28(27)33(39(30)31)23-38(40)42-37/h1-23H. The Kier molecular flexibility index (Phi) is 4.21. The number of hydrogen-bond donors (Lipinski definition) is 0. The molecule has 1 aliphatic carbocycles. The van der Waals surface area contributed by atoms with Crippen LogP contribution in [0.2, 0.25) is 0 Å². The van der Waals surface area contributed by atoms with Crippen molar-refractivity contribution in [2.24, 2.45) is 0 Å². The van der Waals surface area contributed by atoms with Gasteiger partial charge in [0.25, 0.3) is 0 Å². The third kappa shape index (κ3) is 2.83.